The molecule has 2 heterocycles. The zero-order valence-corrected chi connectivity index (χ0v) is 18.6. The molecule has 4 rings (SSSR count). The van der Waals surface area contributed by atoms with Gasteiger partial charge in [-0.15, -0.1) is 10.2 Å². The zero-order valence-electron chi connectivity index (χ0n) is 17.8. The van der Waals surface area contributed by atoms with Crippen molar-refractivity contribution >= 4 is 45.6 Å². The number of amides is 3. The van der Waals surface area contributed by atoms with Crippen LogP contribution >= 0.6 is 11.3 Å². The molecule has 0 radical (unpaired) electrons. The Balaban J connectivity index is 1.42. The third-order valence-electron chi connectivity index (χ3n) is 5.27. The van der Waals surface area contributed by atoms with Gasteiger partial charge in [-0.2, -0.15) is 0 Å². The van der Waals surface area contributed by atoms with Gasteiger partial charge < -0.3 is 10.2 Å². The summed E-state index contributed by atoms with van der Waals surface area (Å²) in [5.41, 5.74) is 3.14. The normalized spacial score (nSPS) is 15.6. The Bertz CT molecular complexity index is 1160. The Morgan fingerprint density at radius 2 is 1.84 bits per heavy atom. The maximum Gasteiger partial charge on any atom is 0.257 e. The summed E-state index contributed by atoms with van der Waals surface area (Å²) in [4.78, 5) is 38.1. The fourth-order valence-corrected chi connectivity index (χ4v) is 4.54. The third-order valence-corrected chi connectivity index (χ3v) is 6.27. The second-order valence-electron chi connectivity index (χ2n) is 7.55. The van der Waals surface area contributed by atoms with Crippen LogP contribution in [0.4, 0.5) is 16.5 Å². The highest BCUT2D eigenvalue weighted by Crippen LogP contribution is 2.35. The molecular formula is C23H23N5O3S. The average Bonchev–Trinajstić information content (AvgIpc) is 3.40. The minimum absolute atomic E-state index is 0.0625. The van der Waals surface area contributed by atoms with Crippen molar-refractivity contribution in [3.05, 3.63) is 64.7 Å². The first kappa shape index (κ1) is 21.6. The topological polar surface area (TPSA) is 104 Å². The number of benzene rings is 2. The molecule has 1 aliphatic rings. The van der Waals surface area contributed by atoms with E-state index in [1.54, 1.807) is 24.3 Å². The highest BCUT2D eigenvalue weighted by molar-refractivity contribution is 7.15. The number of aryl methyl sites for hydroxylation is 1. The molecule has 1 saturated heterocycles. The van der Waals surface area contributed by atoms with Gasteiger partial charge in [0.25, 0.3) is 5.91 Å². The van der Waals surface area contributed by atoms with Gasteiger partial charge in [-0.3, -0.25) is 19.7 Å². The molecule has 3 aromatic rings. The summed E-state index contributed by atoms with van der Waals surface area (Å²) in [6.45, 7) is 4.04. The average molecular weight is 450 g/mol. The van der Waals surface area contributed by atoms with Crippen molar-refractivity contribution in [2.75, 3.05) is 22.1 Å². The van der Waals surface area contributed by atoms with Crippen LogP contribution < -0.4 is 15.5 Å². The first-order chi connectivity index (χ1) is 15.4. The number of carbonyl (C=O) groups excluding carboxylic acids is 3. The van der Waals surface area contributed by atoms with Crippen LogP contribution in [-0.4, -0.2) is 34.5 Å². The number of carbonyl (C=O) groups is 3. The van der Waals surface area contributed by atoms with Crippen LogP contribution in [0.3, 0.4) is 0 Å². The summed E-state index contributed by atoms with van der Waals surface area (Å²) in [6, 6.07) is 14.5. The van der Waals surface area contributed by atoms with E-state index in [1.807, 2.05) is 29.2 Å². The van der Waals surface area contributed by atoms with Crippen LogP contribution in [0.15, 0.2) is 48.5 Å². The van der Waals surface area contributed by atoms with Crippen LogP contribution in [-0.2, 0) is 16.0 Å². The molecule has 1 atom stereocenters. The van der Waals surface area contributed by atoms with Crippen molar-refractivity contribution in [3.8, 4) is 0 Å². The van der Waals surface area contributed by atoms with E-state index in [4.69, 9.17) is 0 Å². The van der Waals surface area contributed by atoms with Gasteiger partial charge in [0.2, 0.25) is 16.9 Å². The molecule has 1 aromatic heterocycles. The lowest BCUT2D eigenvalue weighted by Gasteiger charge is -2.19. The summed E-state index contributed by atoms with van der Waals surface area (Å²) in [5.74, 6) is -0.489. The maximum atomic E-state index is 12.7. The SMILES string of the molecule is CCc1ccccc1N1CC(c2nnc(NC(=O)c3ccc(NC(C)=O)cc3)s2)CC1=O. The quantitative estimate of drug-likeness (QED) is 0.595. The zero-order chi connectivity index (χ0) is 22.7. The Morgan fingerprint density at radius 1 is 1.09 bits per heavy atom. The summed E-state index contributed by atoms with van der Waals surface area (Å²) in [7, 11) is 0. The molecule has 0 saturated carbocycles. The monoisotopic (exact) mass is 449 g/mol. The molecule has 3 amide bonds. The summed E-state index contributed by atoms with van der Waals surface area (Å²) >= 11 is 1.28. The summed E-state index contributed by atoms with van der Waals surface area (Å²) < 4.78 is 0. The van der Waals surface area contributed by atoms with Gasteiger partial charge in [-0.1, -0.05) is 36.5 Å². The largest absolute Gasteiger partial charge is 0.326 e. The molecule has 0 spiro atoms. The third kappa shape index (κ3) is 4.67. The predicted octanol–water partition coefficient (Wildman–Crippen LogP) is 3.83. The van der Waals surface area contributed by atoms with Crippen molar-refractivity contribution in [2.45, 2.75) is 32.6 Å². The van der Waals surface area contributed by atoms with E-state index in [9.17, 15) is 14.4 Å². The van der Waals surface area contributed by atoms with Crippen LogP contribution in [0.2, 0.25) is 0 Å². The molecule has 2 aromatic carbocycles. The molecule has 1 fully saturated rings. The standard InChI is InChI=1S/C23H23N5O3S/c1-3-15-6-4-5-7-19(15)28-13-17(12-20(28)30)22-26-27-23(32-22)25-21(31)16-8-10-18(11-9-16)24-14(2)29/h4-11,17H,3,12-13H2,1-2H3,(H,24,29)(H,25,27,31). The lowest BCUT2D eigenvalue weighted by atomic mass is 10.1. The number of rotatable bonds is 6. The number of aromatic nitrogens is 2. The Morgan fingerprint density at radius 3 is 2.56 bits per heavy atom. The highest BCUT2D eigenvalue weighted by atomic mass is 32.1. The van der Waals surface area contributed by atoms with Crippen molar-refractivity contribution in [1.29, 1.82) is 0 Å². The second kappa shape index (κ2) is 9.27. The fourth-order valence-electron chi connectivity index (χ4n) is 3.71. The van der Waals surface area contributed by atoms with E-state index < -0.39 is 0 Å². The smallest absolute Gasteiger partial charge is 0.257 e. The summed E-state index contributed by atoms with van der Waals surface area (Å²) in [6.07, 6.45) is 1.22. The van der Waals surface area contributed by atoms with Crippen LogP contribution in [0.25, 0.3) is 0 Å². The van der Waals surface area contributed by atoms with Crippen molar-refractivity contribution in [3.63, 3.8) is 0 Å². The minimum atomic E-state index is -0.317. The van der Waals surface area contributed by atoms with Gasteiger partial charge >= 0.3 is 0 Å². The first-order valence-electron chi connectivity index (χ1n) is 10.3. The molecule has 0 bridgehead atoms. The van der Waals surface area contributed by atoms with Gasteiger partial charge in [0, 0.05) is 42.7 Å². The molecular weight excluding hydrogens is 426 g/mol. The van der Waals surface area contributed by atoms with E-state index in [2.05, 4.69) is 27.8 Å². The van der Waals surface area contributed by atoms with Gasteiger partial charge in [0.15, 0.2) is 0 Å². The lowest BCUT2D eigenvalue weighted by Crippen LogP contribution is -2.25. The van der Waals surface area contributed by atoms with Crippen molar-refractivity contribution < 1.29 is 14.4 Å². The predicted molar refractivity (Wildman–Crippen MR) is 124 cm³/mol. The van der Waals surface area contributed by atoms with E-state index in [1.165, 1.54) is 18.3 Å². The van der Waals surface area contributed by atoms with Crippen LogP contribution in [0.1, 0.15) is 47.1 Å². The van der Waals surface area contributed by atoms with E-state index in [0.717, 1.165) is 22.7 Å². The maximum absolute atomic E-state index is 12.7. The van der Waals surface area contributed by atoms with Gasteiger partial charge in [0.05, 0.1) is 0 Å². The highest BCUT2D eigenvalue weighted by Gasteiger charge is 2.34. The fraction of sp³-hybridized carbons (Fsp3) is 0.261. The van der Waals surface area contributed by atoms with Crippen molar-refractivity contribution in [2.24, 2.45) is 0 Å². The number of para-hydroxylation sites is 1. The minimum Gasteiger partial charge on any atom is -0.326 e. The van der Waals surface area contributed by atoms with Crippen molar-refractivity contribution in [1.82, 2.24) is 10.2 Å². The van der Waals surface area contributed by atoms with Gasteiger partial charge in [0.1, 0.15) is 5.01 Å². The first-order valence-corrected chi connectivity index (χ1v) is 11.2. The number of hydrogen-bond donors (Lipinski definition) is 2. The Kier molecular flexibility index (Phi) is 6.27. The number of nitrogens with zero attached hydrogens (tertiary/aromatic N) is 3. The number of anilines is 3. The molecule has 8 nitrogen and oxygen atoms in total. The van der Waals surface area contributed by atoms with Crippen LogP contribution in [0.5, 0.6) is 0 Å². The summed E-state index contributed by atoms with van der Waals surface area (Å²) in [5, 5.41) is 14.8. The van der Waals surface area contributed by atoms with E-state index in [-0.39, 0.29) is 23.6 Å². The Labute approximate surface area is 189 Å². The molecule has 32 heavy (non-hydrogen) atoms. The molecule has 9 heteroatoms. The molecule has 1 unspecified atom stereocenters. The van der Waals surface area contributed by atoms with Gasteiger partial charge in [-0.25, -0.2) is 0 Å². The second-order valence-corrected chi connectivity index (χ2v) is 8.55. The number of hydrogen-bond acceptors (Lipinski definition) is 6. The van der Waals surface area contributed by atoms with Gasteiger partial charge in [-0.05, 0) is 42.3 Å². The lowest BCUT2D eigenvalue weighted by molar-refractivity contribution is -0.117. The molecule has 164 valence electrons. The van der Waals surface area contributed by atoms with Crippen LogP contribution in [0, 0.1) is 0 Å². The molecule has 0 aliphatic carbocycles. The van der Waals surface area contributed by atoms with E-state index >= 15 is 0 Å². The Hall–Kier alpha value is -3.59. The number of nitrogens with one attached hydrogen (secondary N) is 2. The van der Waals surface area contributed by atoms with E-state index in [0.29, 0.717) is 29.3 Å². The molecule has 2 N–H and O–H groups in total. The molecule has 1 aliphatic heterocycles.